The molecule has 0 aromatic heterocycles. The zero-order valence-electron chi connectivity index (χ0n) is 25.6. The van der Waals surface area contributed by atoms with Gasteiger partial charge in [-0.1, -0.05) is 75.3 Å². The minimum Gasteiger partial charge on any atom is -0.480 e. The number of aryl methyl sites for hydroxylation is 1. The minimum atomic E-state index is -0.992. The number of nitrogens with one attached hydrogen (secondary N) is 1. The second kappa shape index (κ2) is 14.7. The van der Waals surface area contributed by atoms with Crippen LogP contribution in [-0.4, -0.2) is 51.5 Å². The number of nitrogens with zero attached hydrogens (tertiary/aromatic N) is 1. The molecule has 1 amide bonds. The molecule has 0 aliphatic heterocycles. The van der Waals surface area contributed by atoms with Gasteiger partial charge in [-0.2, -0.15) is 11.8 Å². The maximum atomic E-state index is 13.6. The summed E-state index contributed by atoms with van der Waals surface area (Å²) in [4.78, 5) is 28.2. The van der Waals surface area contributed by atoms with Gasteiger partial charge in [0.05, 0.1) is 0 Å². The van der Waals surface area contributed by atoms with Gasteiger partial charge in [-0.3, -0.25) is 9.69 Å². The number of carbonyl (C=O) groups is 2. The Kier molecular flexibility index (Phi) is 11.4. The minimum absolute atomic E-state index is 0.251. The van der Waals surface area contributed by atoms with E-state index in [9.17, 15) is 14.7 Å². The topological polar surface area (TPSA) is 69.6 Å². The lowest BCUT2D eigenvalue weighted by Crippen LogP contribution is -2.51. The van der Waals surface area contributed by atoms with E-state index in [4.69, 9.17) is 0 Å². The summed E-state index contributed by atoms with van der Waals surface area (Å²) in [6, 6.07) is 13.9. The molecule has 224 valence electrons. The van der Waals surface area contributed by atoms with Crippen LogP contribution in [0.15, 0.2) is 42.5 Å². The molecule has 4 rings (SSSR count). The van der Waals surface area contributed by atoms with Crippen LogP contribution < -0.4 is 5.32 Å². The van der Waals surface area contributed by atoms with E-state index in [-0.39, 0.29) is 11.4 Å². The lowest BCUT2D eigenvalue weighted by molar-refractivity contribution is -0.139. The Hall–Kier alpha value is -2.31. The van der Waals surface area contributed by atoms with Crippen molar-refractivity contribution in [2.24, 2.45) is 5.92 Å². The van der Waals surface area contributed by atoms with Crippen LogP contribution in [0.4, 0.5) is 0 Å². The number of carboxylic acid groups (broad SMARTS) is 1. The lowest BCUT2D eigenvalue weighted by atomic mass is 9.77. The zero-order chi connectivity index (χ0) is 29.4. The van der Waals surface area contributed by atoms with Gasteiger partial charge in [-0.15, -0.1) is 0 Å². The first-order valence-corrected chi connectivity index (χ1v) is 17.1. The molecule has 1 atom stereocenters. The smallest absolute Gasteiger partial charge is 0.326 e. The molecule has 2 saturated carbocycles. The first kappa shape index (κ1) is 31.6. The van der Waals surface area contributed by atoms with Crippen LogP contribution in [0.3, 0.4) is 0 Å². The van der Waals surface area contributed by atoms with Crippen molar-refractivity contribution in [2.75, 3.05) is 12.0 Å². The molecule has 2 N–H and O–H groups in total. The Labute approximate surface area is 251 Å². The number of carboxylic acids is 1. The maximum Gasteiger partial charge on any atom is 0.326 e. The third-order valence-electron chi connectivity index (χ3n) is 9.49. The van der Waals surface area contributed by atoms with Crippen LogP contribution in [0.1, 0.15) is 106 Å². The van der Waals surface area contributed by atoms with Crippen molar-refractivity contribution in [2.45, 2.75) is 116 Å². The van der Waals surface area contributed by atoms with Gasteiger partial charge < -0.3 is 10.4 Å². The van der Waals surface area contributed by atoms with E-state index in [1.165, 1.54) is 69.8 Å². The summed E-state index contributed by atoms with van der Waals surface area (Å²) in [6.07, 6.45) is 15.7. The third-order valence-corrected chi connectivity index (χ3v) is 10.1. The van der Waals surface area contributed by atoms with Crippen LogP contribution in [0.5, 0.6) is 0 Å². The molecule has 0 heterocycles. The molecule has 6 heteroatoms. The summed E-state index contributed by atoms with van der Waals surface area (Å²) in [6.45, 7) is 7.61. The molecule has 0 saturated heterocycles. The summed E-state index contributed by atoms with van der Waals surface area (Å²) >= 11 is 1.58. The van der Waals surface area contributed by atoms with Crippen LogP contribution >= 0.6 is 11.8 Å². The number of rotatable bonds is 13. The molecule has 2 fully saturated rings. The first-order valence-electron chi connectivity index (χ1n) is 15.7. The van der Waals surface area contributed by atoms with Gasteiger partial charge in [0, 0.05) is 23.7 Å². The molecule has 1 unspecified atom stereocenters. The van der Waals surface area contributed by atoms with Crippen LogP contribution in [0.2, 0.25) is 0 Å². The average molecular weight is 579 g/mol. The van der Waals surface area contributed by atoms with Crippen molar-refractivity contribution >= 4 is 23.6 Å². The zero-order valence-corrected chi connectivity index (χ0v) is 26.4. The summed E-state index contributed by atoms with van der Waals surface area (Å²) < 4.78 is 0. The number of carbonyl (C=O) groups excluding carboxylic acids is 1. The van der Waals surface area contributed by atoms with Crippen molar-refractivity contribution in [3.8, 4) is 11.1 Å². The van der Waals surface area contributed by atoms with Crippen LogP contribution in [-0.2, 0) is 11.3 Å². The molecule has 2 aliphatic rings. The molecular formula is C35H50N2O3S. The predicted octanol–water partition coefficient (Wildman–Crippen LogP) is 8.09. The molecule has 5 nitrogen and oxygen atoms in total. The lowest BCUT2D eigenvalue weighted by Gasteiger charge is -2.47. The Morgan fingerprint density at radius 2 is 1.73 bits per heavy atom. The van der Waals surface area contributed by atoms with Gasteiger partial charge in [-0.25, -0.2) is 4.79 Å². The highest BCUT2D eigenvalue weighted by Crippen LogP contribution is 2.45. The molecule has 2 aliphatic carbocycles. The summed E-state index contributed by atoms with van der Waals surface area (Å²) in [7, 11) is 0. The Bertz CT molecular complexity index is 1170. The van der Waals surface area contributed by atoms with E-state index in [0.29, 0.717) is 23.8 Å². The molecular weight excluding hydrogens is 528 g/mol. The monoisotopic (exact) mass is 578 g/mol. The van der Waals surface area contributed by atoms with E-state index in [0.717, 1.165) is 29.2 Å². The van der Waals surface area contributed by atoms with Crippen molar-refractivity contribution in [1.29, 1.82) is 0 Å². The summed E-state index contributed by atoms with van der Waals surface area (Å²) in [5.41, 5.74) is 4.99. The van der Waals surface area contributed by atoms with E-state index in [1.54, 1.807) is 11.8 Å². The fraction of sp³-hybridized carbons (Fsp3) is 0.600. The van der Waals surface area contributed by atoms with E-state index in [1.807, 2.05) is 24.5 Å². The molecule has 0 bridgehead atoms. The third kappa shape index (κ3) is 7.95. The van der Waals surface area contributed by atoms with Gasteiger partial charge >= 0.3 is 5.97 Å². The molecule has 2 aromatic carbocycles. The normalized spacial score (nSPS) is 18.1. The molecule has 41 heavy (non-hydrogen) atoms. The van der Waals surface area contributed by atoms with Crippen molar-refractivity contribution in [3.05, 3.63) is 59.2 Å². The number of benzene rings is 2. The van der Waals surface area contributed by atoms with E-state index >= 15 is 0 Å². The standard InChI is InChI=1S/C35H50N2O3S/c1-25(2)37(35(19-10-11-20-35)23-27-13-6-5-7-14-27)24-28-16-17-30(31(22-28)29-15-9-8-12-26(29)3)33(38)36-32(34(39)40)18-21-41-4/h8-9,12,15-17,22,25,27,32H,5-7,10-11,13-14,18-21,23-24H2,1-4H3,(H,36,38)(H,39,40). The van der Waals surface area contributed by atoms with Crippen molar-refractivity contribution in [1.82, 2.24) is 10.2 Å². The average Bonchev–Trinajstić information content (AvgIpc) is 3.43. The maximum absolute atomic E-state index is 13.6. The second-order valence-corrected chi connectivity index (χ2v) is 13.7. The molecule has 0 radical (unpaired) electrons. The van der Waals surface area contributed by atoms with Gasteiger partial charge in [0.2, 0.25) is 0 Å². The van der Waals surface area contributed by atoms with Gasteiger partial charge in [-0.05, 0) is 98.8 Å². The number of hydrogen-bond acceptors (Lipinski definition) is 4. The Balaban J connectivity index is 1.67. The fourth-order valence-electron chi connectivity index (χ4n) is 7.38. The Morgan fingerprint density at radius 1 is 1.02 bits per heavy atom. The predicted molar refractivity (Wildman–Crippen MR) is 172 cm³/mol. The van der Waals surface area contributed by atoms with Crippen molar-refractivity contribution in [3.63, 3.8) is 0 Å². The van der Waals surface area contributed by atoms with Gasteiger partial charge in [0.1, 0.15) is 6.04 Å². The Morgan fingerprint density at radius 3 is 2.37 bits per heavy atom. The van der Waals surface area contributed by atoms with Crippen LogP contribution in [0.25, 0.3) is 11.1 Å². The van der Waals surface area contributed by atoms with Crippen molar-refractivity contribution < 1.29 is 14.7 Å². The number of thioether (sulfide) groups is 1. The SMILES string of the molecule is CSCCC(NC(=O)c1ccc(CN(C(C)C)C2(CC3CCCCC3)CCCC2)cc1-c1ccccc1C)C(=O)O. The van der Waals surface area contributed by atoms with Gasteiger partial charge in [0.15, 0.2) is 0 Å². The second-order valence-electron chi connectivity index (χ2n) is 12.7. The number of hydrogen-bond donors (Lipinski definition) is 2. The van der Waals surface area contributed by atoms with E-state index < -0.39 is 12.0 Å². The highest BCUT2D eigenvalue weighted by Gasteiger charge is 2.42. The molecule has 2 aromatic rings. The number of amides is 1. The van der Waals surface area contributed by atoms with E-state index in [2.05, 4.69) is 55.3 Å². The van der Waals surface area contributed by atoms with Gasteiger partial charge in [0.25, 0.3) is 5.91 Å². The van der Waals surface area contributed by atoms with Crippen LogP contribution in [0, 0.1) is 12.8 Å². The number of aliphatic carboxylic acids is 1. The first-order chi connectivity index (χ1) is 19.7. The highest BCUT2D eigenvalue weighted by molar-refractivity contribution is 7.98. The highest BCUT2D eigenvalue weighted by atomic mass is 32.2. The quantitative estimate of drug-likeness (QED) is 0.251. The molecule has 0 spiro atoms. The summed E-state index contributed by atoms with van der Waals surface area (Å²) in [5.74, 6) is 0.196. The fourth-order valence-corrected chi connectivity index (χ4v) is 7.85. The summed E-state index contributed by atoms with van der Waals surface area (Å²) in [5, 5.41) is 12.5. The largest absolute Gasteiger partial charge is 0.480 e.